The van der Waals surface area contributed by atoms with Crippen molar-refractivity contribution >= 4 is 0 Å². The fourth-order valence-electron chi connectivity index (χ4n) is 2.02. The summed E-state index contributed by atoms with van der Waals surface area (Å²) in [5.74, 6) is 0.982. The molecule has 2 rings (SSSR count). The van der Waals surface area contributed by atoms with Crippen molar-refractivity contribution in [2.45, 2.75) is 25.5 Å². The predicted molar refractivity (Wildman–Crippen MR) is 68.5 cm³/mol. The highest BCUT2D eigenvalue weighted by Gasteiger charge is 2.25. The quantitative estimate of drug-likeness (QED) is 0.705. The Bertz CT molecular complexity index is 363. The minimum absolute atomic E-state index is 0.458. The van der Waals surface area contributed by atoms with Crippen LogP contribution >= 0.6 is 0 Å². The third-order valence-corrected chi connectivity index (χ3v) is 3.35. The number of nitrogens with zero attached hydrogens (tertiary/aromatic N) is 1. The molecule has 94 valence electrons. The van der Waals surface area contributed by atoms with Crippen molar-refractivity contribution in [1.82, 2.24) is 4.90 Å². The minimum Gasteiger partial charge on any atom is -0.496 e. The summed E-state index contributed by atoms with van der Waals surface area (Å²) < 4.78 is 10.6. The maximum atomic E-state index is 5.38. The number of methoxy groups -OCH3 is 1. The van der Waals surface area contributed by atoms with Crippen molar-refractivity contribution < 1.29 is 9.47 Å². The molecule has 0 radical (unpaired) electrons. The van der Waals surface area contributed by atoms with E-state index in [-0.39, 0.29) is 0 Å². The van der Waals surface area contributed by atoms with E-state index >= 15 is 0 Å². The van der Waals surface area contributed by atoms with Gasteiger partial charge in [0.1, 0.15) is 5.75 Å². The number of likely N-dealkylation sites (N-methyl/N-ethyl adjacent to an activating group) is 1. The molecule has 17 heavy (non-hydrogen) atoms. The molecule has 1 saturated heterocycles. The Hall–Kier alpha value is -1.06. The first kappa shape index (κ1) is 12.4. The maximum absolute atomic E-state index is 5.38. The first-order valence-electron chi connectivity index (χ1n) is 6.14. The van der Waals surface area contributed by atoms with Crippen LogP contribution in [0.1, 0.15) is 12.5 Å². The summed E-state index contributed by atoms with van der Waals surface area (Å²) in [5, 5.41) is 0. The van der Waals surface area contributed by atoms with E-state index in [1.54, 1.807) is 7.11 Å². The van der Waals surface area contributed by atoms with Gasteiger partial charge in [-0.1, -0.05) is 18.2 Å². The molecule has 3 nitrogen and oxygen atoms in total. The maximum Gasteiger partial charge on any atom is 0.122 e. The average Bonchev–Trinajstić information content (AvgIpc) is 3.13. The molecule has 2 atom stereocenters. The van der Waals surface area contributed by atoms with Crippen LogP contribution in [0.5, 0.6) is 5.75 Å². The van der Waals surface area contributed by atoms with Crippen LogP contribution in [0, 0.1) is 0 Å². The van der Waals surface area contributed by atoms with Crippen LogP contribution in [0.3, 0.4) is 0 Å². The van der Waals surface area contributed by atoms with Crippen LogP contribution in [-0.4, -0.2) is 44.4 Å². The Morgan fingerprint density at radius 1 is 1.47 bits per heavy atom. The van der Waals surface area contributed by atoms with Gasteiger partial charge >= 0.3 is 0 Å². The molecule has 1 aliphatic heterocycles. The van der Waals surface area contributed by atoms with Crippen molar-refractivity contribution in [2.75, 3.05) is 27.3 Å². The first-order valence-corrected chi connectivity index (χ1v) is 6.14. The Balaban J connectivity index is 1.93. The van der Waals surface area contributed by atoms with Crippen molar-refractivity contribution in [2.24, 2.45) is 0 Å². The van der Waals surface area contributed by atoms with Gasteiger partial charge in [0, 0.05) is 12.6 Å². The van der Waals surface area contributed by atoms with Crippen molar-refractivity contribution in [3.8, 4) is 5.75 Å². The van der Waals surface area contributed by atoms with Gasteiger partial charge < -0.3 is 14.4 Å². The number of hydrogen-bond acceptors (Lipinski definition) is 3. The van der Waals surface area contributed by atoms with E-state index in [2.05, 4.69) is 31.0 Å². The summed E-state index contributed by atoms with van der Waals surface area (Å²) >= 11 is 0. The summed E-state index contributed by atoms with van der Waals surface area (Å²) in [6.07, 6.45) is 1.47. The zero-order chi connectivity index (χ0) is 12.3. The third-order valence-electron chi connectivity index (χ3n) is 3.35. The van der Waals surface area contributed by atoms with Gasteiger partial charge in [0.05, 0.1) is 19.8 Å². The molecule has 0 spiro atoms. The van der Waals surface area contributed by atoms with Gasteiger partial charge in [-0.25, -0.2) is 0 Å². The standard InChI is InChI=1S/C14H21NO2/c1-11(15(2)9-13-10-17-13)8-12-6-4-5-7-14(12)16-3/h4-7,11,13H,8-10H2,1-3H3. The molecular weight excluding hydrogens is 214 g/mol. The van der Waals surface area contributed by atoms with Gasteiger partial charge in [-0.15, -0.1) is 0 Å². The normalized spacial score (nSPS) is 20.4. The Labute approximate surface area is 103 Å². The highest BCUT2D eigenvalue weighted by Crippen LogP contribution is 2.21. The molecule has 1 aromatic rings. The summed E-state index contributed by atoms with van der Waals surface area (Å²) in [5.41, 5.74) is 1.27. The van der Waals surface area contributed by atoms with Gasteiger partial charge in [0.2, 0.25) is 0 Å². The van der Waals surface area contributed by atoms with Gasteiger partial charge in [-0.3, -0.25) is 0 Å². The molecule has 1 fully saturated rings. The monoisotopic (exact) mass is 235 g/mol. The topological polar surface area (TPSA) is 25.0 Å². The van der Waals surface area contributed by atoms with Gasteiger partial charge in [-0.05, 0) is 32.0 Å². The lowest BCUT2D eigenvalue weighted by Gasteiger charge is -2.24. The molecule has 1 heterocycles. The van der Waals surface area contributed by atoms with Gasteiger partial charge in [0.15, 0.2) is 0 Å². The van der Waals surface area contributed by atoms with Crippen molar-refractivity contribution in [3.05, 3.63) is 29.8 Å². The molecule has 0 aromatic heterocycles. The number of hydrogen-bond donors (Lipinski definition) is 0. The first-order chi connectivity index (χ1) is 8.20. The summed E-state index contributed by atoms with van der Waals surface area (Å²) in [4.78, 5) is 2.35. The highest BCUT2D eigenvalue weighted by molar-refractivity contribution is 5.33. The molecule has 1 aliphatic rings. The molecule has 3 heteroatoms. The van der Waals surface area contributed by atoms with Gasteiger partial charge in [0.25, 0.3) is 0 Å². The molecule has 0 saturated carbocycles. The summed E-state index contributed by atoms with van der Waals surface area (Å²) in [6.45, 7) is 4.19. The van der Waals surface area contributed by atoms with Crippen LogP contribution in [0.4, 0.5) is 0 Å². The molecule has 0 amide bonds. The zero-order valence-electron chi connectivity index (χ0n) is 10.8. The fraction of sp³-hybridized carbons (Fsp3) is 0.571. The fourth-order valence-corrected chi connectivity index (χ4v) is 2.02. The molecule has 0 N–H and O–H groups in total. The number of para-hydroxylation sites is 1. The van der Waals surface area contributed by atoms with E-state index in [9.17, 15) is 0 Å². The van der Waals surface area contributed by atoms with Gasteiger partial charge in [-0.2, -0.15) is 0 Å². The lowest BCUT2D eigenvalue weighted by atomic mass is 10.1. The smallest absolute Gasteiger partial charge is 0.122 e. The van der Waals surface area contributed by atoms with E-state index in [4.69, 9.17) is 9.47 Å². The second-order valence-electron chi connectivity index (χ2n) is 4.76. The second-order valence-corrected chi connectivity index (χ2v) is 4.76. The Morgan fingerprint density at radius 3 is 2.82 bits per heavy atom. The molecule has 2 unspecified atom stereocenters. The van der Waals surface area contributed by atoms with Crippen molar-refractivity contribution in [3.63, 3.8) is 0 Å². The van der Waals surface area contributed by atoms with Crippen molar-refractivity contribution in [1.29, 1.82) is 0 Å². The SMILES string of the molecule is COc1ccccc1CC(C)N(C)CC1CO1. The largest absolute Gasteiger partial charge is 0.496 e. The molecular formula is C14H21NO2. The van der Waals surface area contributed by atoms with Crippen LogP contribution < -0.4 is 4.74 Å². The number of benzene rings is 1. The van der Waals surface area contributed by atoms with E-state index in [1.165, 1.54) is 5.56 Å². The zero-order valence-corrected chi connectivity index (χ0v) is 10.8. The number of epoxide rings is 1. The number of ether oxygens (including phenoxy) is 2. The minimum atomic E-state index is 0.458. The van der Waals surface area contributed by atoms with E-state index < -0.39 is 0 Å². The highest BCUT2D eigenvalue weighted by atomic mass is 16.6. The van der Waals surface area contributed by atoms with Crippen LogP contribution in [0.15, 0.2) is 24.3 Å². The van der Waals surface area contributed by atoms with Crippen LogP contribution in [0.2, 0.25) is 0 Å². The third kappa shape index (κ3) is 3.45. The molecule has 0 aliphatic carbocycles. The van der Waals surface area contributed by atoms with Crippen LogP contribution in [0.25, 0.3) is 0 Å². The lowest BCUT2D eigenvalue weighted by molar-refractivity contribution is 0.227. The molecule has 0 bridgehead atoms. The van der Waals surface area contributed by atoms with E-state index in [1.807, 2.05) is 12.1 Å². The summed E-state index contributed by atoms with van der Waals surface area (Å²) in [7, 11) is 3.88. The second kappa shape index (κ2) is 5.52. The Morgan fingerprint density at radius 2 is 2.18 bits per heavy atom. The number of rotatable bonds is 6. The van der Waals surface area contributed by atoms with Crippen LogP contribution in [-0.2, 0) is 11.2 Å². The predicted octanol–water partition coefficient (Wildman–Crippen LogP) is 1.96. The Kier molecular flexibility index (Phi) is 4.02. The molecule has 1 aromatic carbocycles. The van der Waals surface area contributed by atoms with E-state index in [0.29, 0.717) is 12.1 Å². The van der Waals surface area contributed by atoms with E-state index in [0.717, 1.165) is 25.3 Å². The average molecular weight is 235 g/mol. The summed E-state index contributed by atoms with van der Waals surface area (Å²) in [6, 6.07) is 8.72. The lowest BCUT2D eigenvalue weighted by Crippen LogP contribution is -2.34.